The third-order valence-electron chi connectivity index (χ3n) is 7.73. The Hall–Kier alpha value is -5.45. The maximum Gasteiger partial charge on any atom is 0.164 e. The van der Waals surface area contributed by atoms with Gasteiger partial charge in [0, 0.05) is 36.9 Å². The van der Waals surface area contributed by atoms with E-state index in [9.17, 15) is 0 Å². The summed E-state index contributed by atoms with van der Waals surface area (Å²) >= 11 is 1.84. The Morgan fingerprint density at radius 1 is 0.349 bits per heavy atom. The van der Waals surface area contributed by atoms with E-state index in [2.05, 4.69) is 115 Å². The summed E-state index contributed by atoms with van der Waals surface area (Å²) in [6.45, 7) is 0. The lowest BCUT2D eigenvalue weighted by atomic mass is 9.98. The topological polar surface area (TPSA) is 38.7 Å². The predicted octanol–water partition coefficient (Wildman–Crippen LogP) is 10.6. The van der Waals surface area contributed by atoms with Crippen molar-refractivity contribution >= 4 is 31.5 Å². The fourth-order valence-electron chi connectivity index (χ4n) is 5.66. The van der Waals surface area contributed by atoms with Crippen LogP contribution < -0.4 is 0 Å². The molecule has 8 aromatic rings. The molecular formula is C39H25N3S. The van der Waals surface area contributed by atoms with Crippen LogP contribution in [-0.4, -0.2) is 15.0 Å². The minimum Gasteiger partial charge on any atom is -0.208 e. The number of fused-ring (bicyclic) bond motifs is 3. The number of benzene rings is 6. The van der Waals surface area contributed by atoms with Gasteiger partial charge >= 0.3 is 0 Å². The SMILES string of the molecule is c1ccc(-c2cccc(-c3nc(-c4ccccc4)nc(-c4cccc(-c5cccc6sc7ccccc7c56)c4)n3)c2)cc1. The van der Waals surface area contributed by atoms with Crippen LogP contribution in [0.15, 0.2) is 152 Å². The van der Waals surface area contributed by atoms with E-state index in [1.807, 2.05) is 47.7 Å². The van der Waals surface area contributed by atoms with E-state index in [0.29, 0.717) is 17.5 Å². The van der Waals surface area contributed by atoms with E-state index >= 15 is 0 Å². The van der Waals surface area contributed by atoms with E-state index in [4.69, 9.17) is 15.0 Å². The van der Waals surface area contributed by atoms with Gasteiger partial charge in [-0.1, -0.05) is 127 Å². The van der Waals surface area contributed by atoms with Crippen LogP contribution in [0.25, 0.3) is 76.6 Å². The third kappa shape index (κ3) is 4.78. The Kier molecular flexibility index (Phi) is 6.32. The van der Waals surface area contributed by atoms with E-state index < -0.39 is 0 Å². The molecule has 43 heavy (non-hydrogen) atoms. The maximum absolute atomic E-state index is 5.05. The molecule has 0 aliphatic heterocycles. The second kappa shape index (κ2) is 10.8. The van der Waals surface area contributed by atoms with Crippen LogP contribution in [0.5, 0.6) is 0 Å². The molecule has 0 fully saturated rings. The van der Waals surface area contributed by atoms with Crippen molar-refractivity contribution < 1.29 is 0 Å². The second-order valence-electron chi connectivity index (χ2n) is 10.5. The zero-order valence-corrected chi connectivity index (χ0v) is 24.0. The van der Waals surface area contributed by atoms with Crippen LogP contribution in [0.1, 0.15) is 0 Å². The summed E-state index contributed by atoms with van der Waals surface area (Å²) in [7, 11) is 0. The highest BCUT2D eigenvalue weighted by molar-refractivity contribution is 7.25. The number of hydrogen-bond acceptors (Lipinski definition) is 4. The molecule has 3 nitrogen and oxygen atoms in total. The van der Waals surface area contributed by atoms with Gasteiger partial charge in [-0.15, -0.1) is 11.3 Å². The van der Waals surface area contributed by atoms with Crippen molar-refractivity contribution in [2.45, 2.75) is 0 Å². The number of aromatic nitrogens is 3. The quantitative estimate of drug-likeness (QED) is 0.208. The lowest BCUT2D eigenvalue weighted by Gasteiger charge is -2.11. The maximum atomic E-state index is 5.05. The van der Waals surface area contributed by atoms with E-state index in [-0.39, 0.29) is 0 Å². The fourth-order valence-corrected chi connectivity index (χ4v) is 6.79. The van der Waals surface area contributed by atoms with E-state index in [0.717, 1.165) is 33.4 Å². The summed E-state index contributed by atoms with van der Waals surface area (Å²) in [6, 6.07) is 52.7. The zero-order chi connectivity index (χ0) is 28.6. The van der Waals surface area contributed by atoms with Crippen LogP contribution in [-0.2, 0) is 0 Å². The van der Waals surface area contributed by atoms with Crippen molar-refractivity contribution in [2.24, 2.45) is 0 Å². The van der Waals surface area contributed by atoms with E-state index in [1.165, 1.54) is 25.7 Å². The summed E-state index contributed by atoms with van der Waals surface area (Å²) in [5.41, 5.74) is 7.49. The van der Waals surface area contributed by atoms with Crippen LogP contribution >= 0.6 is 11.3 Å². The van der Waals surface area contributed by atoms with Gasteiger partial charge in [0.25, 0.3) is 0 Å². The number of rotatable bonds is 5. The Morgan fingerprint density at radius 3 is 1.56 bits per heavy atom. The first-order chi connectivity index (χ1) is 21.3. The van der Waals surface area contributed by atoms with Crippen LogP contribution in [0.4, 0.5) is 0 Å². The van der Waals surface area contributed by atoms with Crippen molar-refractivity contribution in [3.05, 3.63) is 152 Å². The summed E-state index contributed by atoms with van der Waals surface area (Å²) in [6.07, 6.45) is 0. The average Bonchev–Trinajstić information content (AvgIpc) is 3.48. The molecule has 0 radical (unpaired) electrons. The lowest BCUT2D eigenvalue weighted by Crippen LogP contribution is -2.00. The van der Waals surface area contributed by atoms with Gasteiger partial charge in [-0.05, 0) is 46.5 Å². The smallest absolute Gasteiger partial charge is 0.164 e. The van der Waals surface area contributed by atoms with Gasteiger partial charge in [0.2, 0.25) is 0 Å². The highest BCUT2D eigenvalue weighted by Gasteiger charge is 2.15. The molecule has 0 saturated carbocycles. The second-order valence-corrected chi connectivity index (χ2v) is 11.6. The normalized spacial score (nSPS) is 11.3. The molecule has 202 valence electrons. The molecule has 0 N–H and O–H groups in total. The first-order valence-electron chi connectivity index (χ1n) is 14.3. The molecule has 4 heteroatoms. The highest BCUT2D eigenvalue weighted by atomic mass is 32.1. The van der Waals surface area contributed by atoms with Gasteiger partial charge < -0.3 is 0 Å². The minimum atomic E-state index is 0.651. The lowest BCUT2D eigenvalue weighted by molar-refractivity contribution is 1.07. The van der Waals surface area contributed by atoms with Crippen LogP contribution in [0, 0.1) is 0 Å². The molecule has 0 aliphatic carbocycles. The fraction of sp³-hybridized carbons (Fsp3) is 0. The van der Waals surface area contributed by atoms with E-state index in [1.54, 1.807) is 0 Å². The molecule has 2 aromatic heterocycles. The van der Waals surface area contributed by atoms with Gasteiger partial charge in [-0.2, -0.15) is 0 Å². The largest absolute Gasteiger partial charge is 0.208 e. The molecule has 0 bridgehead atoms. The number of thiophene rings is 1. The Morgan fingerprint density at radius 2 is 0.837 bits per heavy atom. The van der Waals surface area contributed by atoms with Crippen LogP contribution in [0.3, 0.4) is 0 Å². The van der Waals surface area contributed by atoms with Crippen LogP contribution in [0.2, 0.25) is 0 Å². The molecule has 0 amide bonds. The molecule has 0 unspecified atom stereocenters. The molecule has 8 rings (SSSR count). The van der Waals surface area contributed by atoms with Gasteiger partial charge in [-0.3, -0.25) is 0 Å². The Balaban J connectivity index is 1.29. The van der Waals surface area contributed by atoms with Crippen molar-refractivity contribution in [1.82, 2.24) is 15.0 Å². The predicted molar refractivity (Wildman–Crippen MR) is 180 cm³/mol. The summed E-state index contributed by atoms with van der Waals surface area (Å²) in [5.74, 6) is 1.96. The van der Waals surface area contributed by atoms with Gasteiger partial charge in [0.1, 0.15) is 0 Å². The summed E-state index contributed by atoms with van der Waals surface area (Å²) in [5, 5.41) is 2.58. The Bertz CT molecular complexity index is 2240. The number of nitrogens with zero attached hydrogens (tertiary/aromatic N) is 3. The monoisotopic (exact) mass is 567 g/mol. The average molecular weight is 568 g/mol. The molecule has 0 saturated heterocycles. The summed E-state index contributed by atoms with van der Waals surface area (Å²) in [4.78, 5) is 15.0. The molecule has 2 heterocycles. The summed E-state index contributed by atoms with van der Waals surface area (Å²) < 4.78 is 2.59. The highest BCUT2D eigenvalue weighted by Crippen LogP contribution is 2.40. The molecule has 0 aliphatic rings. The third-order valence-corrected chi connectivity index (χ3v) is 8.87. The minimum absolute atomic E-state index is 0.651. The molecule has 0 atom stereocenters. The van der Waals surface area contributed by atoms with Gasteiger partial charge in [0.05, 0.1) is 0 Å². The van der Waals surface area contributed by atoms with Gasteiger partial charge in [0.15, 0.2) is 17.5 Å². The van der Waals surface area contributed by atoms with Crippen molar-refractivity contribution in [1.29, 1.82) is 0 Å². The van der Waals surface area contributed by atoms with Crippen molar-refractivity contribution in [3.63, 3.8) is 0 Å². The van der Waals surface area contributed by atoms with Crippen molar-refractivity contribution in [3.8, 4) is 56.4 Å². The van der Waals surface area contributed by atoms with Crippen molar-refractivity contribution in [2.75, 3.05) is 0 Å². The first-order valence-corrected chi connectivity index (χ1v) is 15.1. The zero-order valence-electron chi connectivity index (χ0n) is 23.2. The molecule has 6 aromatic carbocycles. The standard InChI is InChI=1S/C39H25N3S/c1-3-12-26(13-4-1)28-16-9-18-30(24-28)38-40-37(27-14-5-2-6-15-27)41-39(42-38)31-19-10-17-29(25-31)32-21-11-23-35-36(32)33-20-7-8-22-34(33)43-35/h1-25H. The van der Waals surface area contributed by atoms with Gasteiger partial charge in [-0.25, -0.2) is 15.0 Å². The molecular weight excluding hydrogens is 543 g/mol. The first kappa shape index (κ1) is 25.3. The Labute approximate surface area is 253 Å². The molecule has 0 spiro atoms. The number of hydrogen-bond donors (Lipinski definition) is 0.